The predicted molar refractivity (Wildman–Crippen MR) is 114 cm³/mol. The first-order chi connectivity index (χ1) is 14.4. The van der Waals surface area contributed by atoms with Crippen LogP contribution in [0.5, 0.6) is 0 Å². The van der Waals surface area contributed by atoms with Gasteiger partial charge >= 0.3 is 6.03 Å². The average Bonchev–Trinajstić information content (AvgIpc) is 3.48. The van der Waals surface area contributed by atoms with Crippen LogP contribution < -0.4 is 5.32 Å². The van der Waals surface area contributed by atoms with Gasteiger partial charge in [-0.25, -0.2) is 9.80 Å². The maximum atomic E-state index is 12.7. The van der Waals surface area contributed by atoms with E-state index < -0.39 is 5.41 Å². The van der Waals surface area contributed by atoms with E-state index in [1.807, 2.05) is 50.4 Å². The Morgan fingerprint density at radius 1 is 1.10 bits per heavy atom. The van der Waals surface area contributed by atoms with Gasteiger partial charge in [0.25, 0.3) is 0 Å². The van der Waals surface area contributed by atoms with Gasteiger partial charge in [-0.2, -0.15) is 5.10 Å². The van der Waals surface area contributed by atoms with Gasteiger partial charge < -0.3 is 10.2 Å². The number of fused-ring (bicyclic) bond motifs is 1. The molecule has 0 atom stereocenters. The minimum absolute atomic E-state index is 0.111. The lowest BCUT2D eigenvalue weighted by atomic mass is 9.82. The molecule has 1 saturated carbocycles. The molecule has 30 heavy (non-hydrogen) atoms. The molecule has 0 saturated heterocycles. The fourth-order valence-electron chi connectivity index (χ4n) is 4.05. The van der Waals surface area contributed by atoms with Crippen molar-refractivity contribution in [2.24, 2.45) is 10.5 Å². The van der Waals surface area contributed by atoms with Gasteiger partial charge in [0.05, 0.1) is 17.2 Å². The highest BCUT2D eigenvalue weighted by atomic mass is 16.2. The van der Waals surface area contributed by atoms with Gasteiger partial charge in [-0.1, -0.05) is 26.0 Å². The molecule has 0 spiro atoms. The number of nitrogens with zero attached hydrogens (tertiary/aromatic N) is 4. The van der Waals surface area contributed by atoms with E-state index in [2.05, 4.69) is 15.4 Å². The quantitative estimate of drug-likeness (QED) is 0.848. The lowest BCUT2D eigenvalue weighted by molar-refractivity contribution is -0.141. The number of urea groups is 1. The minimum atomic E-state index is -0.452. The van der Waals surface area contributed by atoms with Crippen molar-refractivity contribution >= 4 is 23.3 Å². The summed E-state index contributed by atoms with van der Waals surface area (Å²) in [5.74, 6) is 0.111. The summed E-state index contributed by atoms with van der Waals surface area (Å²) in [6.45, 7) is 5.14. The fraction of sp³-hybridized carbons (Fsp3) is 0.391. The smallest absolute Gasteiger partial charge is 0.316 e. The van der Waals surface area contributed by atoms with Crippen LogP contribution in [0.3, 0.4) is 0 Å². The molecule has 1 aromatic carbocycles. The number of carbonyl (C=O) groups excluding carboxylic acids is 2. The monoisotopic (exact) mass is 403 g/mol. The van der Waals surface area contributed by atoms with Gasteiger partial charge in [-0.3, -0.25) is 9.78 Å². The van der Waals surface area contributed by atoms with Gasteiger partial charge in [-0.15, -0.1) is 0 Å². The molecule has 3 heterocycles. The largest absolute Gasteiger partial charge is 0.322 e. The number of nitrogens with one attached hydrogen (secondary N) is 1. The molecule has 0 unspecified atom stereocenters. The van der Waals surface area contributed by atoms with Crippen molar-refractivity contribution in [1.82, 2.24) is 14.9 Å². The van der Waals surface area contributed by atoms with Gasteiger partial charge in [-0.05, 0) is 47.7 Å². The van der Waals surface area contributed by atoms with Crippen LogP contribution in [0, 0.1) is 5.41 Å². The van der Waals surface area contributed by atoms with Gasteiger partial charge in [0, 0.05) is 37.6 Å². The molecule has 2 aliphatic heterocycles. The highest BCUT2D eigenvalue weighted by Gasteiger charge is 2.44. The van der Waals surface area contributed by atoms with Crippen molar-refractivity contribution in [3.8, 4) is 0 Å². The van der Waals surface area contributed by atoms with Crippen molar-refractivity contribution in [2.45, 2.75) is 52.2 Å². The van der Waals surface area contributed by atoms with Crippen LogP contribution >= 0.6 is 0 Å². The second kappa shape index (κ2) is 6.93. The zero-order valence-corrected chi connectivity index (χ0v) is 17.3. The lowest BCUT2D eigenvalue weighted by Gasteiger charge is -2.34. The molecule has 0 bridgehead atoms. The molecule has 2 aromatic rings. The summed E-state index contributed by atoms with van der Waals surface area (Å²) in [7, 11) is 0. The first kappa shape index (κ1) is 18.8. The molecule has 3 aliphatic rings. The second-order valence-corrected chi connectivity index (χ2v) is 9.00. The molecule has 5 rings (SSSR count). The number of benzene rings is 1. The molecular formula is C23H25N5O2. The summed E-state index contributed by atoms with van der Waals surface area (Å²) in [5.41, 5.74) is 4.43. The van der Waals surface area contributed by atoms with Crippen LogP contribution in [0.15, 0.2) is 47.8 Å². The Morgan fingerprint density at radius 2 is 1.83 bits per heavy atom. The number of hydrazone groups is 1. The number of aromatic nitrogens is 1. The summed E-state index contributed by atoms with van der Waals surface area (Å²) < 4.78 is 0. The zero-order chi connectivity index (χ0) is 20.9. The first-order valence-electron chi connectivity index (χ1n) is 10.4. The topological polar surface area (TPSA) is 77.9 Å². The molecule has 1 N–H and O–H groups in total. The highest BCUT2D eigenvalue weighted by Crippen LogP contribution is 2.37. The maximum Gasteiger partial charge on any atom is 0.322 e. The average molecular weight is 403 g/mol. The second-order valence-electron chi connectivity index (χ2n) is 9.00. The Labute approximate surface area is 175 Å². The van der Waals surface area contributed by atoms with Crippen LogP contribution in [0.2, 0.25) is 0 Å². The van der Waals surface area contributed by atoms with E-state index in [-0.39, 0.29) is 18.0 Å². The van der Waals surface area contributed by atoms with Gasteiger partial charge in [0.15, 0.2) is 0 Å². The molecule has 7 heteroatoms. The molecule has 1 fully saturated rings. The Hall–Kier alpha value is -3.22. The first-order valence-corrected chi connectivity index (χ1v) is 10.4. The van der Waals surface area contributed by atoms with E-state index >= 15 is 0 Å². The predicted octanol–water partition coefficient (Wildman–Crippen LogP) is 3.75. The van der Waals surface area contributed by atoms with Gasteiger partial charge in [0.1, 0.15) is 0 Å². The number of rotatable bonds is 3. The molecule has 0 radical (unpaired) electrons. The number of hydrogen-bond donors (Lipinski definition) is 1. The molecular weight excluding hydrogens is 378 g/mol. The van der Waals surface area contributed by atoms with E-state index in [0.717, 1.165) is 40.9 Å². The van der Waals surface area contributed by atoms with Crippen LogP contribution in [-0.2, 0) is 17.9 Å². The summed E-state index contributed by atoms with van der Waals surface area (Å²) >= 11 is 0. The van der Waals surface area contributed by atoms with Crippen LogP contribution in [0.25, 0.3) is 0 Å². The lowest BCUT2D eigenvalue weighted by Crippen LogP contribution is -2.45. The van der Waals surface area contributed by atoms with E-state index in [0.29, 0.717) is 19.5 Å². The summed E-state index contributed by atoms with van der Waals surface area (Å²) in [6, 6.07) is 9.81. The Bertz CT molecular complexity index is 1010. The summed E-state index contributed by atoms with van der Waals surface area (Å²) in [6.07, 6.45) is 6.24. The van der Waals surface area contributed by atoms with Crippen LogP contribution in [0.4, 0.5) is 10.5 Å². The maximum absolute atomic E-state index is 12.7. The molecule has 1 aliphatic carbocycles. The van der Waals surface area contributed by atoms with E-state index in [1.165, 1.54) is 0 Å². The zero-order valence-electron chi connectivity index (χ0n) is 17.3. The summed E-state index contributed by atoms with van der Waals surface area (Å²) in [5, 5.41) is 9.33. The molecule has 7 nitrogen and oxygen atoms in total. The van der Waals surface area contributed by atoms with Crippen molar-refractivity contribution in [3.05, 3.63) is 59.4 Å². The number of amides is 3. The molecule has 3 amide bonds. The van der Waals surface area contributed by atoms with E-state index in [9.17, 15) is 9.59 Å². The number of carbonyl (C=O) groups is 2. The fourth-order valence-corrected chi connectivity index (χ4v) is 4.05. The van der Waals surface area contributed by atoms with E-state index in [4.69, 9.17) is 0 Å². The third kappa shape index (κ3) is 3.44. The van der Waals surface area contributed by atoms with Crippen LogP contribution in [0.1, 0.15) is 49.8 Å². The normalized spacial score (nSPS) is 20.1. The summed E-state index contributed by atoms with van der Waals surface area (Å²) in [4.78, 5) is 31.2. The van der Waals surface area contributed by atoms with Crippen molar-refractivity contribution in [2.75, 3.05) is 5.32 Å². The standard InChI is InChI=1S/C23H25N5O2/c1-23(2)11-20(26-28(21(23)29)19-7-8-19)15-3-5-18(6-4-15)25-22(30)27-13-16-9-10-24-12-17(16)14-27/h3-6,9-10,12,19H,7-8,11,13-14H2,1-2H3,(H,25,30). The van der Waals surface area contributed by atoms with Crippen LogP contribution in [-0.4, -0.2) is 38.6 Å². The Balaban J connectivity index is 1.28. The van der Waals surface area contributed by atoms with Crippen molar-refractivity contribution in [1.29, 1.82) is 0 Å². The third-order valence-corrected chi connectivity index (χ3v) is 6.00. The Kier molecular flexibility index (Phi) is 4.34. The Morgan fingerprint density at radius 3 is 2.53 bits per heavy atom. The molecule has 154 valence electrons. The number of hydrogen-bond acceptors (Lipinski definition) is 4. The van der Waals surface area contributed by atoms with Crippen molar-refractivity contribution < 1.29 is 9.59 Å². The SMILES string of the molecule is CC1(C)CC(c2ccc(NC(=O)N3Cc4ccncc4C3)cc2)=NN(C2CC2)C1=O. The van der Waals surface area contributed by atoms with Crippen molar-refractivity contribution in [3.63, 3.8) is 0 Å². The minimum Gasteiger partial charge on any atom is -0.316 e. The third-order valence-electron chi connectivity index (χ3n) is 6.00. The molecule has 1 aromatic heterocycles. The van der Waals surface area contributed by atoms with E-state index in [1.54, 1.807) is 16.1 Å². The highest BCUT2D eigenvalue weighted by molar-refractivity contribution is 6.06. The number of anilines is 1. The van der Waals surface area contributed by atoms with Gasteiger partial charge in [0.2, 0.25) is 5.91 Å². The number of pyridine rings is 1.